The minimum Gasteiger partial charge on any atom is -0.354 e. The summed E-state index contributed by atoms with van der Waals surface area (Å²) in [6.45, 7) is 0. The van der Waals surface area contributed by atoms with Gasteiger partial charge in [0.05, 0.1) is 33.6 Å². The van der Waals surface area contributed by atoms with Gasteiger partial charge in [-0.25, -0.2) is 44.5 Å². The number of halogens is 9. The molecular formula is C37H17F9N4. The number of rotatable bonds is 3. The van der Waals surface area contributed by atoms with Crippen molar-refractivity contribution in [2.75, 3.05) is 0 Å². The van der Waals surface area contributed by atoms with Gasteiger partial charge in [0, 0.05) is 44.3 Å². The molecule has 248 valence electrons. The molecule has 0 radical (unpaired) electrons. The maximum atomic E-state index is 15.6. The van der Waals surface area contributed by atoms with E-state index in [0.717, 1.165) is 36.4 Å². The summed E-state index contributed by atoms with van der Waals surface area (Å²) in [6, 6.07) is 14.5. The van der Waals surface area contributed by atoms with Crippen molar-refractivity contribution in [3.05, 3.63) is 137 Å². The van der Waals surface area contributed by atoms with Crippen molar-refractivity contribution in [3.63, 3.8) is 0 Å². The van der Waals surface area contributed by atoms with Crippen molar-refractivity contribution in [1.29, 1.82) is 0 Å². The van der Waals surface area contributed by atoms with Gasteiger partial charge in [0.15, 0.2) is 23.3 Å². The molecule has 4 aromatic heterocycles. The van der Waals surface area contributed by atoms with Crippen LogP contribution >= 0.6 is 0 Å². The maximum Gasteiger partial charge on any atom is 0.200 e. The van der Waals surface area contributed by atoms with Crippen molar-refractivity contribution in [1.82, 2.24) is 19.9 Å². The van der Waals surface area contributed by atoms with Crippen molar-refractivity contribution in [3.8, 4) is 33.4 Å². The standard InChI is InChI=1S/C37H17F9N4/c38-15-3-1-4-16(39)27(15)29-21-9-7-19(47-21)20-8-10-22(48-20)30(28-17(40)5-2-6-18(28)41)24-12-14-26(50-24)31(25-13-11-23(29)49-25)32-33(42)35(44)37(46)36(45)34(32)43/h1-14,47,49-50H. The van der Waals surface area contributed by atoms with E-state index in [2.05, 4.69) is 19.9 Å². The summed E-state index contributed by atoms with van der Waals surface area (Å²) < 4.78 is 136. The van der Waals surface area contributed by atoms with Crippen molar-refractivity contribution in [2.24, 2.45) is 0 Å². The molecule has 0 atom stereocenters. The number of H-pyrrole nitrogens is 3. The predicted octanol–water partition coefficient (Wildman–Crippen LogP) is 10.9. The van der Waals surface area contributed by atoms with E-state index in [0.29, 0.717) is 5.52 Å². The van der Waals surface area contributed by atoms with E-state index in [4.69, 9.17) is 0 Å². The van der Waals surface area contributed by atoms with Crippen LogP contribution < -0.4 is 0 Å². The van der Waals surface area contributed by atoms with Gasteiger partial charge in [-0.3, -0.25) is 0 Å². The third kappa shape index (κ3) is 4.68. The lowest BCUT2D eigenvalue weighted by atomic mass is 10.0. The van der Waals surface area contributed by atoms with Gasteiger partial charge in [-0.2, -0.15) is 0 Å². The fourth-order valence-corrected chi connectivity index (χ4v) is 6.24. The summed E-state index contributed by atoms with van der Waals surface area (Å²) in [6.07, 6.45) is 2.98. The van der Waals surface area contributed by atoms with Crippen LogP contribution in [0.25, 0.3) is 78.6 Å². The second-order valence-corrected chi connectivity index (χ2v) is 11.3. The number of hydrogen-bond donors (Lipinski definition) is 3. The van der Waals surface area contributed by atoms with Gasteiger partial charge in [-0.15, -0.1) is 0 Å². The van der Waals surface area contributed by atoms with Crippen molar-refractivity contribution in [2.45, 2.75) is 0 Å². The predicted molar refractivity (Wildman–Crippen MR) is 171 cm³/mol. The van der Waals surface area contributed by atoms with Crippen LogP contribution in [0.2, 0.25) is 0 Å². The summed E-state index contributed by atoms with van der Waals surface area (Å²) in [5.74, 6) is -15.1. The smallest absolute Gasteiger partial charge is 0.200 e. The second kappa shape index (κ2) is 11.4. The molecule has 0 spiro atoms. The van der Waals surface area contributed by atoms with Crippen LogP contribution in [0.15, 0.2) is 72.8 Å². The number of aromatic nitrogens is 4. The van der Waals surface area contributed by atoms with Crippen LogP contribution in [-0.4, -0.2) is 19.9 Å². The summed E-state index contributed by atoms with van der Waals surface area (Å²) >= 11 is 0. The molecule has 8 rings (SSSR count). The largest absolute Gasteiger partial charge is 0.354 e. The van der Waals surface area contributed by atoms with Gasteiger partial charge >= 0.3 is 0 Å². The molecule has 4 nitrogen and oxygen atoms in total. The Bertz CT molecular complexity index is 2650. The van der Waals surface area contributed by atoms with Crippen LogP contribution in [0.3, 0.4) is 0 Å². The van der Waals surface area contributed by atoms with E-state index in [1.165, 1.54) is 42.5 Å². The Morgan fingerprint density at radius 1 is 0.320 bits per heavy atom. The zero-order chi connectivity index (χ0) is 35.0. The molecule has 0 aliphatic carbocycles. The zero-order valence-corrected chi connectivity index (χ0v) is 24.9. The van der Waals surface area contributed by atoms with E-state index in [1.807, 2.05) is 0 Å². The average molecular weight is 689 g/mol. The summed E-state index contributed by atoms with van der Waals surface area (Å²) in [7, 11) is 0. The molecule has 0 saturated carbocycles. The highest BCUT2D eigenvalue weighted by atomic mass is 19.2. The van der Waals surface area contributed by atoms with E-state index < -0.39 is 74.6 Å². The van der Waals surface area contributed by atoms with Crippen LogP contribution in [0.4, 0.5) is 39.5 Å². The molecule has 13 heteroatoms. The first-order valence-corrected chi connectivity index (χ1v) is 14.8. The molecule has 0 amide bonds. The Morgan fingerprint density at radius 3 is 1.14 bits per heavy atom. The first kappa shape index (κ1) is 31.1. The van der Waals surface area contributed by atoms with E-state index >= 15 is 26.3 Å². The number of fused-ring (bicyclic) bond motifs is 9. The Morgan fingerprint density at radius 2 is 0.660 bits per heavy atom. The third-order valence-corrected chi connectivity index (χ3v) is 8.46. The highest BCUT2D eigenvalue weighted by Gasteiger charge is 2.29. The molecule has 50 heavy (non-hydrogen) atoms. The van der Waals surface area contributed by atoms with Crippen molar-refractivity contribution < 1.29 is 39.5 Å². The molecule has 7 aromatic rings. The Labute approximate surface area is 274 Å². The molecule has 5 heterocycles. The molecule has 0 fully saturated rings. The lowest BCUT2D eigenvalue weighted by Gasteiger charge is -2.10. The van der Waals surface area contributed by atoms with Gasteiger partial charge in [0.1, 0.15) is 23.3 Å². The number of benzene rings is 3. The molecular weight excluding hydrogens is 671 g/mol. The fraction of sp³-hybridized carbons (Fsp3) is 0. The summed E-state index contributed by atoms with van der Waals surface area (Å²) in [5.41, 5.74) is -2.97. The highest BCUT2D eigenvalue weighted by Crippen LogP contribution is 2.40. The van der Waals surface area contributed by atoms with Crippen LogP contribution in [0.1, 0.15) is 11.4 Å². The number of aromatic amines is 3. The Balaban J connectivity index is 1.63. The number of hydrogen-bond acceptors (Lipinski definition) is 1. The lowest BCUT2D eigenvalue weighted by molar-refractivity contribution is 0.381. The van der Waals surface area contributed by atoms with E-state index in [1.54, 1.807) is 6.07 Å². The monoisotopic (exact) mass is 688 g/mol. The van der Waals surface area contributed by atoms with Gasteiger partial charge in [0.2, 0.25) is 5.82 Å². The number of nitrogens with zero attached hydrogens (tertiary/aromatic N) is 1. The normalized spacial score (nSPS) is 12.0. The summed E-state index contributed by atoms with van der Waals surface area (Å²) in [5, 5.41) is 0. The molecule has 1 aliphatic heterocycles. The van der Waals surface area contributed by atoms with Gasteiger partial charge < -0.3 is 15.0 Å². The fourth-order valence-electron chi connectivity index (χ4n) is 6.24. The van der Waals surface area contributed by atoms with Crippen LogP contribution in [-0.2, 0) is 0 Å². The van der Waals surface area contributed by atoms with Gasteiger partial charge in [-0.1, -0.05) is 12.1 Å². The molecule has 8 bridgehead atoms. The second-order valence-electron chi connectivity index (χ2n) is 11.3. The SMILES string of the molecule is Fc1cccc(F)c1-c1c2nc(c3ccc([nH]3)c(-c3c(F)cccc3F)c3ccc([nH]3)c(-c3c(F)c(F)c(F)c(F)c3F)c3ccc1[nH]3)C=C2. The number of nitrogens with one attached hydrogen (secondary N) is 3. The highest BCUT2D eigenvalue weighted by molar-refractivity contribution is 6.00. The lowest BCUT2D eigenvalue weighted by Crippen LogP contribution is -2.04. The molecule has 3 aromatic carbocycles. The molecule has 0 unspecified atom stereocenters. The molecule has 3 N–H and O–H groups in total. The van der Waals surface area contributed by atoms with Crippen molar-refractivity contribution >= 4 is 45.3 Å². The average Bonchev–Trinajstić information content (AvgIpc) is 3.92. The zero-order valence-electron chi connectivity index (χ0n) is 24.9. The third-order valence-electron chi connectivity index (χ3n) is 8.46. The van der Waals surface area contributed by atoms with Crippen LogP contribution in [0.5, 0.6) is 0 Å². The quantitative estimate of drug-likeness (QED) is 0.0966. The Kier molecular flexibility index (Phi) is 7.10. The minimum absolute atomic E-state index is 0.0164. The molecule has 1 aliphatic rings. The van der Waals surface area contributed by atoms with Gasteiger partial charge in [0.25, 0.3) is 0 Å². The maximum absolute atomic E-state index is 15.6. The molecule has 0 saturated heterocycles. The minimum atomic E-state index is -2.39. The van der Waals surface area contributed by atoms with E-state index in [9.17, 15) is 13.2 Å². The summed E-state index contributed by atoms with van der Waals surface area (Å²) in [4.78, 5) is 13.3. The van der Waals surface area contributed by atoms with Gasteiger partial charge in [-0.05, 0) is 72.8 Å². The van der Waals surface area contributed by atoms with Crippen LogP contribution in [0, 0.1) is 52.4 Å². The first-order valence-electron chi connectivity index (χ1n) is 14.8. The van der Waals surface area contributed by atoms with E-state index in [-0.39, 0.29) is 50.1 Å². The topological polar surface area (TPSA) is 60.3 Å². The Hall–Kier alpha value is -6.24. The first-order chi connectivity index (χ1) is 24.0.